The molecule has 0 unspecified atom stereocenters. The zero-order valence-corrected chi connectivity index (χ0v) is 13.7. The number of benzene rings is 1. The summed E-state index contributed by atoms with van der Waals surface area (Å²) in [7, 11) is 3.24. The first-order valence-electron chi connectivity index (χ1n) is 7.04. The molecule has 8 heteroatoms. The number of nitrogens with two attached hydrogens (primary N) is 1. The molecule has 23 heavy (non-hydrogen) atoms. The molecular formula is C15H17N5O2S. The zero-order chi connectivity index (χ0) is 16.2. The van der Waals surface area contributed by atoms with Crippen LogP contribution in [0.5, 0.6) is 11.5 Å². The highest BCUT2D eigenvalue weighted by molar-refractivity contribution is 7.13. The standard InChI is InChI=1S/C15H17N5O2S/c1-21-13-5-3-4-10(14(13)22-2)15-17-12(9-23-15)11-8-20(7-6-16)19-18-11/h3-5,8-9H,6-7,16H2,1-2H3. The largest absolute Gasteiger partial charge is 0.493 e. The van der Waals surface area contributed by atoms with Crippen molar-refractivity contribution in [3.05, 3.63) is 29.8 Å². The lowest BCUT2D eigenvalue weighted by molar-refractivity contribution is 0.356. The summed E-state index contributed by atoms with van der Waals surface area (Å²) in [5, 5.41) is 11.0. The summed E-state index contributed by atoms with van der Waals surface area (Å²) in [4.78, 5) is 4.64. The molecule has 0 aliphatic heterocycles. The van der Waals surface area contributed by atoms with Gasteiger partial charge in [0.2, 0.25) is 0 Å². The fourth-order valence-corrected chi connectivity index (χ4v) is 3.06. The maximum Gasteiger partial charge on any atom is 0.170 e. The second-order valence-corrected chi connectivity index (χ2v) is 5.59. The number of nitrogens with zero attached hydrogens (tertiary/aromatic N) is 4. The molecule has 0 saturated carbocycles. The van der Waals surface area contributed by atoms with Crippen LogP contribution in [0.25, 0.3) is 22.0 Å². The highest BCUT2D eigenvalue weighted by Gasteiger charge is 2.16. The van der Waals surface area contributed by atoms with E-state index in [1.165, 1.54) is 11.3 Å². The fraction of sp³-hybridized carbons (Fsp3) is 0.267. The molecule has 0 spiro atoms. The van der Waals surface area contributed by atoms with Gasteiger partial charge in [-0.05, 0) is 12.1 Å². The van der Waals surface area contributed by atoms with E-state index in [4.69, 9.17) is 15.2 Å². The smallest absolute Gasteiger partial charge is 0.170 e. The van der Waals surface area contributed by atoms with Gasteiger partial charge in [-0.3, -0.25) is 4.68 Å². The molecule has 0 saturated heterocycles. The minimum atomic E-state index is 0.520. The van der Waals surface area contributed by atoms with Crippen molar-refractivity contribution in [3.8, 4) is 33.5 Å². The van der Waals surface area contributed by atoms with Crippen LogP contribution in [-0.4, -0.2) is 40.7 Å². The Kier molecular flexibility index (Phi) is 4.54. The number of thiazole rings is 1. The van der Waals surface area contributed by atoms with Gasteiger partial charge in [-0.1, -0.05) is 11.3 Å². The molecule has 0 radical (unpaired) electrons. The number of rotatable bonds is 6. The van der Waals surface area contributed by atoms with Crippen LogP contribution in [0, 0.1) is 0 Å². The first-order chi connectivity index (χ1) is 11.3. The number of methoxy groups -OCH3 is 2. The minimum Gasteiger partial charge on any atom is -0.493 e. The molecule has 3 aromatic rings. The van der Waals surface area contributed by atoms with Crippen molar-refractivity contribution in [1.29, 1.82) is 0 Å². The quantitative estimate of drug-likeness (QED) is 0.744. The van der Waals surface area contributed by atoms with E-state index in [1.807, 2.05) is 29.8 Å². The van der Waals surface area contributed by atoms with Crippen LogP contribution in [0.4, 0.5) is 0 Å². The number of aromatic nitrogens is 4. The Morgan fingerprint density at radius 2 is 2.09 bits per heavy atom. The number of para-hydroxylation sites is 1. The van der Waals surface area contributed by atoms with E-state index < -0.39 is 0 Å². The zero-order valence-electron chi connectivity index (χ0n) is 12.9. The molecule has 0 bridgehead atoms. The summed E-state index contributed by atoms with van der Waals surface area (Å²) in [6, 6.07) is 5.72. The fourth-order valence-electron chi connectivity index (χ4n) is 2.23. The van der Waals surface area contributed by atoms with Crippen molar-refractivity contribution >= 4 is 11.3 Å². The van der Waals surface area contributed by atoms with E-state index in [1.54, 1.807) is 18.9 Å². The second-order valence-electron chi connectivity index (χ2n) is 4.73. The Labute approximate surface area is 137 Å². The first kappa shape index (κ1) is 15.4. The molecule has 120 valence electrons. The minimum absolute atomic E-state index is 0.520. The predicted octanol–water partition coefficient (Wildman–Crippen LogP) is 2.04. The van der Waals surface area contributed by atoms with E-state index in [9.17, 15) is 0 Å². The summed E-state index contributed by atoms with van der Waals surface area (Å²) >= 11 is 1.52. The topological polar surface area (TPSA) is 88.1 Å². The van der Waals surface area contributed by atoms with Gasteiger partial charge in [-0.15, -0.1) is 16.4 Å². The molecule has 0 aliphatic carbocycles. The Morgan fingerprint density at radius 1 is 1.22 bits per heavy atom. The van der Waals surface area contributed by atoms with Crippen molar-refractivity contribution in [2.75, 3.05) is 20.8 Å². The van der Waals surface area contributed by atoms with Crippen molar-refractivity contribution in [2.24, 2.45) is 5.73 Å². The molecule has 2 heterocycles. The van der Waals surface area contributed by atoms with Gasteiger partial charge in [0.15, 0.2) is 11.5 Å². The highest BCUT2D eigenvalue weighted by atomic mass is 32.1. The molecule has 2 N–H and O–H groups in total. The van der Waals surface area contributed by atoms with E-state index in [-0.39, 0.29) is 0 Å². The van der Waals surface area contributed by atoms with Crippen molar-refractivity contribution in [3.63, 3.8) is 0 Å². The third-order valence-electron chi connectivity index (χ3n) is 3.30. The lowest BCUT2D eigenvalue weighted by atomic mass is 10.2. The first-order valence-corrected chi connectivity index (χ1v) is 7.92. The molecule has 2 aromatic heterocycles. The molecule has 3 rings (SSSR count). The number of ether oxygens (including phenoxy) is 2. The van der Waals surface area contributed by atoms with E-state index >= 15 is 0 Å². The summed E-state index contributed by atoms with van der Waals surface area (Å²) < 4.78 is 12.5. The van der Waals surface area contributed by atoms with Crippen LogP contribution in [0.3, 0.4) is 0 Å². The van der Waals surface area contributed by atoms with E-state index in [0.29, 0.717) is 24.6 Å². The van der Waals surface area contributed by atoms with Gasteiger partial charge >= 0.3 is 0 Å². The molecule has 0 amide bonds. The summed E-state index contributed by atoms with van der Waals surface area (Å²) in [5.74, 6) is 1.35. The highest BCUT2D eigenvalue weighted by Crippen LogP contribution is 2.39. The van der Waals surface area contributed by atoms with Gasteiger partial charge in [-0.25, -0.2) is 4.98 Å². The Bertz CT molecular complexity index is 799. The Morgan fingerprint density at radius 3 is 2.83 bits per heavy atom. The van der Waals surface area contributed by atoms with Crippen molar-refractivity contribution in [1.82, 2.24) is 20.0 Å². The summed E-state index contributed by atoms with van der Waals surface area (Å²) in [5.41, 5.74) is 7.91. The van der Waals surface area contributed by atoms with Crippen LogP contribution in [0.15, 0.2) is 29.8 Å². The van der Waals surface area contributed by atoms with Crippen LogP contribution in [-0.2, 0) is 6.54 Å². The van der Waals surface area contributed by atoms with E-state index in [2.05, 4.69) is 15.3 Å². The Hall–Kier alpha value is -2.45. The average Bonchev–Trinajstić information content (AvgIpc) is 3.23. The van der Waals surface area contributed by atoms with Gasteiger partial charge in [0.1, 0.15) is 16.4 Å². The summed E-state index contributed by atoms with van der Waals surface area (Å²) in [6.07, 6.45) is 1.84. The average molecular weight is 331 g/mol. The van der Waals surface area contributed by atoms with E-state index in [0.717, 1.165) is 22.0 Å². The maximum atomic E-state index is 5.52. The third-order valence-corrected chi connectivity index (χ3v) is 4.17. The monoisotopic (exact) mass is 331 g/mol. The van der Waals surface area contributed by atoms with Crippen LogP contribution in [0.2, 0.25) is 0 Å². The molecule has 1 aromatic carbocycles. The normalized spacial score (nSPS) is 10.7. The maximum absolute atomic E-state index is 5.52. The van der Waals surface area contributed by atoms with Gasteiger partial charge in [0.05, 0.1) is 32.5 Å². The van der Waals surface area contributed by atoms with Gasteiger partial charge in [0, 0.05) is 11.9 Å². The molecule has 0 atom stereocenters. The van der Waals surface area contributed by atoms with Gasteiger partial charge in [-0.2, -0.15) is 0 Å². The summed E-state index contributed by atoms with van der Waals surface area (Å²) in [6.45, 7) is 1.15. The lowest BCUT2D eigenvalue weighted by Gasteiger charge is -2.10. The van der Waals surface area contributed by atoms with Gasteiger partial charge < -0.3 is 15.2 Å². The van der Waals surface area contributed by atoms with Gasteiger partial charge in [0.25, 0.3) is 0 Å². The van der Waals surface area contributed by atoms with Crippen molar-refractivity contribution in [2.45, 2.75) is 6.54 Å². The van der Waals surface area contributed by atoms with Crippen molar-refractivity contribution < 1.29 is 9.47 Å². The molecule has 7 nitrogen and oxygen atoms in total. The molecular weight excluding hydrogens is 314 g/mol. The van der Waals surface area contributed by atoms with Crippen LogP contribution in [0.1, 0.15) is 0 Å². The third kappa shape index (κ3) is 3.03. The van der Waals surface area contributed by atoms with Crippen LogP contribution < -0.4 is 15.2 Å². The number of hydrogen-bond acceptors (Lipinski definition) is 7. The SMILES string of the molecule is COc1cccc(-c2nc(-c3cn(CCN)nn3)cs2)c1OC. The lowest BCUT2D eigenvalue weighted by Crippen LogP contribution is -2.10. The number of hydrogen-bond donors (Lipinski definition) is 1. The Balaban J connectivity index is 1.95. The molecule has 0 aliphatic rings. The van der Waals surface area contributed by atoms with Crippen LogP contribution >= 0.6 is 11.3 Å². The molecule has 0 fully saturated rings. The second kappa shape index (κ2) is 6.76. The predicted molar refractivity (Wildman–Crippen MR) is 88.7 cm³/mol.